The molecule has 5 rings (SSSR count). The van der Waals surface area contributed by atoms with Crippen LogP contribution in [0.15, 0.2) is 66.7 Å². The van der Waals surface area contributed by atoms with Gasteiger partial charge in [0.25, 0.3) is 0 Å². The largest absolute Gasteiger partial charge is 0.491 e. The van der Waals surface area contributed by atoms with Gasteiger partial charge < -0.3 is 33.2 Å². The third-order valence-corrected chi connectivity index (χ3v) is 7.67. The van der Waals surface area contributed by atoms with Gasteiger partial charge in [0.15, 0.2) is 0 Å². The average Bonchev–Trinajstić information content (AvgIpc) is 4.03. The zero-order chi connectivity index (χ0) is 32.8. The Labute approximate surface area is 275 Å². The van der Waals surface area contributed by atoms with E-state index in [1.807, 2.05) is 0 Å². The minimum atomic E-state index is -0.680. The van der Waals surface area contributed by atoms with E-state index in [9.17, 15) is 14.4 Å². The molecule has 3 aromatic rings. The predicted molar refractivity (Wildman–Crippen MR) is 173 cm³/mol. The van der Waals surface area contributed by atoms with Gasteiger partial charge in [0.1, 0.15) is 54.0 Å². The molecule has 2 atom stereocenters. The van der Waals surface area contributed by atoms with Crippen LogP contribution in [0, 0.1) is 0 Å². The van der Waals surface area contributed by atoms with Crippen LogP contribution < -0.4 is 18.9 Å². The molecule has 250 valence electrons. The van der Waals surface area contributed by atoms with Crippen LogP contribution in [0.1, 0.15) is 89.4 Å². The fraction of sp³-hybridized carbons (Fsp3) is 0.432. The van der Waals surface area contributed by atoms with E-state index in [-0.39, 0.29) is 41.4 Å². The van der Waals surface area contributed by atoms with Gasteiger partial charge in [-0.3, -0.25) is 0 Å². The van der Waals surface area contributed by atoms with E-state index >= 15 is 0 Å². The van der Waals surface area contributed by atoms with E-state index in [1.54, 1.807) is 48.5 Å². The van der Waals surface area contributed by atoms with Crippen LogP contribution in [0.4, 0.5) is 0 Å². The topological polar surface area (TPSA) is 122 Å². The van der Waals surface area contributed by atoms with Gasteiger partial charge in [0, 0.05) is 0 Å². The number of hydrogen-bond donors (Lipinski definition) is 0. The Hall–Kier alpha value is -4.41. The molecule has 2 saturated heterocycles. The molecule has 0 aromatic heterocycles. The Kier molecular flexibility index (Phi) is 12.6. The molecule has 10 nitrogen and oxygen atoms in total. The van der Waals surface area contributed by atoms with Crippen molar-refractivity contribution in [2.75, 3.05) is 33.0 Å². The number of unbranched alkanes of at least 4 members (excludes halogenated alkanes) is 7. The Morgan fingerprint density at radius 2 is 1.11 bits per heavy atom. The third kappa shape index (κ3) is 11.4. The molecule has 10 heteroatoms. The van der Waals surface area contributed by atoms with Crippen molar-refractivity contribution in [3.63, 3.8) is 0 Å². The first kappa shape index (κ1) is 33.9. The van der Waals surface area contributed by atoms with E-state index < -0.39 is 17.9 Å². The quantitative estimate of drug-likeness (QED) is 0.0550. The Bertz CT molecular complexity index is 1460. The highest BCUT2D eigenvalue weighted by molar-refractivity contribution is 5.97. The lowest BCUT2D eigenvalue weighted by molar-refractivity contribution is 0.0490. The summed E-state index contributed by atoms with van der Waals surface area (Å²) in [6.45, 7) is 4.69. The highest BCUT2D eigenvalue weighted by atomic mass is 16.6. The maximum absolute atomic E-state index is 13.2. The van der Waals surface area contributed by atoms with E-state index in [1.165, 1.54) is 43.9 Å². The van der Waals surface area contributed by atoms with E-state index in [2.05, 4.69) is 6.92 Å². The van der Waals surface area contributed by atoms with Crippen LogP contribution in [0.5, 0.6) is 23.0 Å². The van der Waals surface area contributed by atoms with Crippen LogP contribution in [-0.4, -0.2) is 63.2 Å². The standard InChI is InChI=1S/C37H42O10/c1-2-3-4-5-6-7-8-9-20-41-37(40)33-21-30(46-35(38)26-10-14-28(15-11-26)42-22-31-24-44-31)18-19-34(33)47-36(39)27-12-16-29(17-13-27)43-23-32-25-45-32/h10-19,21,31-32H,2-9,20,22-25H2,1H3. The highest BCUT2D eigenvalue weighted by Gasteiger charge is 2.24. The molecule has 0 bridgehead atoms. The molecule has 0 saturated carbocycles. The lowest BCUT2D eigenvalue weighted by atomic mass is 10.1. The molecule has 47 heavy (non-hydrogen) atoms. The molecule has 0 spiro atoms. The van der Waals surface area contributed by atoms with Crippen molar-refractivity contribution in [2.24, 2.45) is 0 Å². The van der Waals surface area contributed by atoms with Gasteiger partial charge in [-0.1, -0.05) is 51.9 Å². The van der Waals surface area contributed by atoms with Crippen molar-refractivity contribution >= 4 is 17.9 Å². The zero-order valence-corrected chi connectivity index (χ0v) is 26.8. The molecular formula is C37H42O10. The molecule has 2 unspecified atom stereocenters. The zero-order valence-electron chi connectivity index (χ0n) is 26.8. The second-order valence-electron chi connectivity index (χ2n) is 11.6. The van der Waals surface area contributed by atoms with Gasteiger partial charge >= 0.3 is 17.9 Å². The molecule has 3 aromatic carbocycles. The van der Waals surface area contributed by atoms with E-state index in [4.69, 9.17) is 33.2 Å². The fourth-order valence-corrected chi connectivity index (χ4v) is 4.71. The van der Waals surface area contributed by atoms with Crippen molar-refractivity contribution in [2.45, 2.75) is 70.5 Å². The van der Waals surface area contributed by atoms with Crippen LogP contribution in [0.3, 0.4) is 0 Å². The molecule has 0 amide bonds. The maximum Gasteiger partial charge on any atom is 0.343 e. The maximum atomic E-state index is 13.2. The van der Waals surface area contributed by atoms with Gasteiger partial charge in [-0.25, -0.2) is 14.4 Å². The molecule has 2 fully saturated rings. The van der Waals surface area contributed by atoms with Crippen molar-refractivity contribution in [1.82, 2.24) is 0 Å². The minimum absolute atomic E-state index is 0.0110. The summed E-state index contributed by atoms with van der Waals surface area (Å²) in [7, 11) is 0. The molecule has 0 radical (unpaired) electrons. The normalized spacial score (nSPS) is 16.2. The van der Waals surface area contributed by atoms with E-state index in [0.29, 0.717) is 43.5 Å². The molecule has 2 aliphatic rings. The average molecular weight is 647 g/mol. The van der Waals surface area contributed by atoms with Crippen molar-refractivity contribution < 1.29 is 47.5 Å². The second-order valence-corrected chi connectivity index (χ2v) is 11.6. The summed E-state index contributed by atoms with van der Waals surface area (Å²) in [6.07, 6.45) is 9.08. The van der Waals surface area contributed by atoms with Crippen LogP contribution in [0.2, 0.25) is 0 Å². The SMILES string of the molecule is CCCCCCCCCCOC(=O)c1cc(OC(=O)c2ccc(OCC3CO3)cc2)ccc1OC(=O)c1ccc(OCC2CO2)cc1. The lowest BCUT2D eigenvalue weighted by Crippen LogP contribution is -2.15. The molecule has 2 heterocycles. The number of benzene rings is 3. The summed E-state index contributed by atoms with van der Waals surface area (Å²) >= 11 is 0. The summed E-state index contributed by atoms with van der Waals surface area (Å²) < 4.78 is 38.3. The van der Waals surface area contributed by atoms with Crippen LogP contribution >= 0.6 is 0 Å². The summed E-state index contributed by atoms with van der Waals surface area (Å²) in [6, 6.07) is 17.3. The monoisotopic (exact) mass is 646 g/mol. The van der Waals surface area contributed by atoms with Crippen LogP contribution in [0.25, 0.3) is 0 Å². The van der Waals surface area contributed by atoms with Gasteiger partial charge in [0.2, 0.25) is 0 Å². The molecular weight excluding hydrogens is 604 g/mol. The molecule has 0 N–H and O–H groups in total. The van der Waals surface area contributed by atoms with Crippen LogP contribution in [-0.2, 0) is 14.2 Å². The van der Waals surface area contributed by atoms with Crippen molar-refractivity contribution in [3.05, 3.63) is 83.4 Å². The Morgan fingerprint density at radius 3 is 1.64 bits per heavy atom. The van der Waals surface area contributed by atoms with Crippen molar-refractivity contribution in [3.8, 4) is 23.0 Å². The smallest absolute Gasteiger partial charge is 0.343 e. The first-order valence-corrected chi connectivity index (χ1v) is 16.4. The lowest BCUT2D eigenvalue weighted by Gasteiger charge is -2.13. The highest BCUT2D eigenvalue weighted by Crippen LogP contribution is 2.28. The fourth-order valence-electron chi connectivity index (χ4n) is 4.71. The van der Waals surface area contributed by atoms with Gasteiger partial charge in [-0.2, -0.15) is 0 Å². The number of esters is 3. The number of hydrogen-bond acceptors (Lipinski definition) is 10. The minimum Gasteiger partial charge on any atom is -0.491 e. The van der Waals surface area contributed by atoms with Crippen molar-refractivity contribution in [1.29, 1.82) is 0 Å². The Balaban J connectivity index is 1.20. The Morgan fingerprint density at radius 1 is 0.617 bits per heavy atom. The number of carbonyl (C=O) groups is 3. The molecule has 2 aliphatic heterocycles. The summed E-state index contributed by atoms with van der Waals surface area (Å²) in [5, 5.41) is 0. The molecule has 0 aliphatic carbocycles. The van der Waals surface area contributed by atoms with E-state index in [0.717, 1.165) is 25.7 Å². The summed E-state index contributed by atoms with van der Waals surface area (Å²) in [4.78, 5) is 39.1. The number of ether oxygens (including phenoxy) is 7. The van der Waals surface area contributed by atoms with Gasteiger partial charge in [-0.15, -0.1) is 0 Å². The van der Waals surface area contributed by atoms with Gasteiger partial charge in [-0.05, 0) is 73.2 Å². The second kappa shape index (κ2) is 17.5. The number of carbonyl (C=O) groups excluding carboxylic acids is 3. The first-order chi connectivity index (χ1) is 23.0. The number of rotatable bonds is 20. The predicted octanol–water partition coefficient (Wildman–Crippen LogP) is 6.98. The summed E-state index contributed by atoms with van der Waals surface area (Å²) in [5.74, 6) is -0.673. The third-order valence-electron chi connectivity index (χ3n) is 7.67. The number of epoxide rings is 2. The first-order valence-electron chi connectivity index (χ1n) is 16.4. The summed E-state index contributed by atoms with van der Waals surface area (Å²) in [5.41, 5.74) is 0.538. The van der Waals surface area contributed by atoms with Gasteiger partial charge in [0.05, 0.1) is 30.9 Å².